The van der Waals surface area contributed by atoms with Crippen molar-refractivity contribution in [2.24, 2.45) is 0 Å². The molecule has 0 radical (unpaired) electrons. The van der Waals surface area contributed by atoms with E-state index in [4.69, 9.17) is 9.15 Å². The largest absolute Gasteiger partial charge is 0.494 e. The monoisotopic (exact) mass is 473 g/mol. The molecule has 146 valence electrons. The van der Waals surface area contributed by atoms with E-state index >= 15 is 0 Å². The molecule has 0 unspecified atom stereocenters. The number of rotatable bonds is 7. The molecule has 0 spiro atoms. The van der Waals surface area contributed by atoms with Crippen LogP contribution in [0, 0.1) is 0 Å². The van der Waals surface area contributed by atoms with E-state index in [9.17, 15) is 4.79 Å². The Morgan fingerprint density at radius 3 is 2.67 bits per heavy atom. The number of hydrogen-bond acceptors (Lipinski definition) is 6. The second-order valence-electron chi connectivity index (χ2n) is 5.92. The molecule has 2 heterocycles. The lowest BCUT2D eigenvalue weighted by Crippen LogP contribution is -2.36. The summed E-state index contributed by atoms with van der Waals surface area (Å²) < 4.78 is 12.5. The molecule has 0 saturated carbocycles. The molecule has 1 aromatic carbocycles. The number of nitrogens with zero attached hydrogens (tertiary/aromatic N) is 3. The molecule has 3 rings (SSSR count). The molecular formula is C18H21BrClN3O3S. The van der Waals surface area contributed by atoms with Crippen LogP contribution in [0.25, 0.3) is 10.2 Å². The first kappa shape index (κ1) is 21.7. The number of amides is 1. The zero-order valence-electron chi connectivity index (χ0n) is 15.3. The molecule has 0 fully saturated rings. The smallest absolute Gasteiger partial charge is 0.295 e. The lowest BCUT2D eigenvalue weighted by Gasteiger charge is -2.20. The van der Waals surface area contributed by atoms with Crippen molar-refractivity contribution in [3.63, 3.8) is 0 Å². The minimum Gasteiger partial charge on any atom is -0.494 e. The van der Waals surface area contributed by atoms with E-state index in [2.05, 4.69) is 20.9 Å². The van der Waals surface area contributed by atoms with E-state index in [1.54, 1.807) is 17.0 Å². The summed E-state index contributed by atoms with van der Waals surface area (Å²) in [6, 6.07) is 9.14. The van der Waals surface area contributed by atoms with Gasteiger partial charge in [-0.15, -0.1) is 12.4 Å². The van der Waals surface area contributed by atoms with Crippen molar-refractivity contribution in [1.29, 1.82) is 0 Å². The van der Waals surface area contributed by atoms with Gasteiger partial charge in [-0.1, -0.05) is 11.3 Å². The van der Waals surface area contributed by atoms with Crippen LogP contribution in [0.4, 0.5) is 5.13 Å². The molecular weight excluding hydrogens is 454 g/mol. The third kappa shape index (κ3) is 5.22. The Morgan fingerprint density at radius 1 is 1.26 bits per heavy atom. The molecule has 0 atom stereocenters. The number of benzene rings is 1. The van der Waals surface area contributed by atoms with Crippen LogP contribution in [-0.4, -0.2) is 49.6 Å². The number of furan rings is 1. The Bertz CT molecular complexity index is 912. The van der Waals surface area contributed by atoms with Gasteiger partial charge in [0, 0.05) is 13.1 Å². The quantitative estimate of drug-likeness (QED) is 0.497. The molecule has 6 nitrogen and oxygen atoms in total. The average Bonchev–Trinajstić information content (AvgIpc) is 3.20. The number of aromatic nitrogens is 1. The Labute approximate surface area is 176 Å². The van der Waals surface area contributed by atoms with Gasteiger partial charge in [-0.3, -0.25) is 9.69 Å². The molecule has 0 saturated heterocycles. The van der Waals surface area contributed by atoms with Gasteiger partial charge in [0.25, 0.3) is 5.91 Å². The van der Waals surface area contributed by atoms with Crippen LogP contribution in [0.1, 0.15) is 17.5 Å². The number of fused-ring (bicyclic) bond motifs is 1. The van der Waals surface area contributed by atoms with Crippen molar-refractivity contribution in [2.45, 2.75) is 6.92 Å². The molecule has 0 N–H and O–H groups in total. The highest BCUT2D eigenvalue weighted by molar-refractivity contribution is 9.10. The maximum atomic E-state index is 13.0. The fourth-order valence-electron chi connectivity index (χ4n) is 2.41. The van der Waals surface area contributed by atoms with Crippen molar-refractivity contribution >= 4 is 60.9 Å². The summed E-state index contributed by atoms with van der Waals surface area (Å²) in [4.78, 5) is 21.3. The van der Waals surface area contributed by atoms with E-state index in [1.165, 1.54) is 11.3 Å². The van der Waals surface area contributed by atoms with E-state index in [0.29, 0.717) is 29.5 Å². The van der Waals surface area contributed by atoms with Crippen LogP contribution in [-0.2, 0) is 0 Å². The van der Waals surface area contributed by atoms with Crippen LogP contribution in [0.5, 0.6) is 5.75 Å². The van der Waals surface area contributed by atoms with Gasteiger partial charge in [0.1, 0.15) is 5.75 Å². The van der Waals surface area contributed by atoms with Gasteiger partial charge >= 0.3 is 0 Å². The zero-order chi connectivity index (χ0) is 18.7. The van der Waals surface area contributed by atoms with Crippen LogP contribution in [0.3, 0.4) is 0 Å². The molecule has 9 heteroatoms. The predicted molar refractivity (Wildman–Crippen MR) is 115 cm³/mol. The highest BCUT2D eigenvalue weighted by Gasteiger charge is 2.24. The van der Waals surface area contributed by atoms with Crippen molar-refractivity contribution in [2.75, 3.05) is 38.7 Å². The van der Waals surface area contributed by atoms with Crippen LogP contribution in [0.2, 0.25) is 0 Å². The van der Waals surface area contributed by atoms with Gasteiger partial charge < -0.3 is 14.1 Å². The van der Waals surface area contributed by atoms with Gasteiger partial charge in [0.2, 0.25) is 0 Å². The van der Waals surface area contributed by atoms with Gasteiger partial charge in [-0.2, -0.15) is 0 Å². The molecule has 2 aromatic heterocycles. The molecule has 0 aliphatic carbocycles. The molecule has 27 heavy (non-hydrogen) atoms. The van der Waals surface area contributed by atoms with E-state index in [-0.39, 0.29) is 24.1 Å². The number of carbonyl (C=O) groups is 1. The first-order chi connectivity index (χ1) is 12.5. The summed E-state index contributed by atoms with van der Waals surface area (Å²) in [5.41, 5.74) is 0.844. The van der Waals surface area contributed by atoms with Crippen molar-refractivity contribution in [3.05, 3.63) is 40.8 Å². The fourth-order valence-corrected chi connectivity index (χ4v) is 3.74. The van der Waals surface area contributed by atoms with Gasteiger partial charge in [-0.05, 0) is 67.3 Å². The van der Waals surface area contributed by atoms with E-state index < -0.39 is 0 Å². The maximum absolute atomic E-state index is 13.0. The predicted octanol–water partition coefficient (Wildman–Crippen LogP) is 4.68. The van der Waals surface area contributed by atoms with Gasteiger partial charge in [0.15, 0.2) is 15.6 Å². The zero-order valence-corrected chi connectivity index (χ0v) is 18.5. The summed E-state index contributed by atoms with van der Waals surface area (Å²) >= 11 is 4.72. The highest BCUT2D eigenvalue weighted by Crippen LogP contribution is 2.32. The molecule has 1 amide bonds. The second-order valence-corrected chi connectivity index (χ2v) is 7.71. The molecule has 3 aromatic rings. The van der Waals surface area contributed by atoms with Crippen molar-refractivity contribution in [3.8, 4) is 5.75 Å². The Hall–Kier alpha value is -1.61. The molecule has 0 aliphatic heterocycles. The van der Waals surface area contributed by atoms with Crippen LogP contribution in [0.15, 0.2) is 39.4 Å². The molecule has 0 aliphatic rings. The molecule has 0 bridgehead atoms. The second kappa shape index (κ2) is 9.54. The summed E-state index contributed by atoms with van der Waals surface area (Å²) in [5, 5.41) is 0.646. The van der Waals surface area contributed by atoms with Gasteiger partial charge in [-0.25, -0.2) is 4.98 Å². The summed E-state index contributed by atoms with van der Waals surface area (Å²) in [7, 11) is 3.94. The van der Waals surface area contributed by atoms with E-state index in [1.807, 2.05) is 44.1 Å². The number of ether oxygens (including phenoxy) is 1. The van der Waals surface area contributed by atoms with E-state index in [0.717, 1.165) is 16.0 Å². The van der Waals surface area contributed by atoms with Crippen LogP contribution < -0.4 is 9.64 Å². The van der Waals surface area contributed by atoms with Crippen molar-refractivity contribution < 1.29 is 13.9 Å². The summed E-state index contributed by atoms with van der Waals surface area (Å²) in [6.45, 7) is 3.79. The van der Waals surface area contributed by atoms with Gasteiger partial charge in [0.05, 0.1) is 16.8 Å². The summed E-state index contributed by atoms with van der Waals surface area (Å²) in [5.74, 6) is 0.878. The number of anilines is 1. The minimum atomic E-state index is -0.207. The SMILES string of the molecule is CCOc1ccc2nc(N(CCN(C)C)C(=O)c3ccc(Br)o3)sc2c1.Cl. The Balaban J connectivity index is 0.00000261. The third-order valence-electron chi connectivity index (χ3n) is 3.69. The number of likely N-dealkylation sites (N-methyl/N-ethyl adjacent to an activating group) is 1. The Kier molecular flexibility index (Phi) is 7.67. The minimum absolute atomic E-state index is 0. The number of hydrogen-bond donors (Lipinski definition) is 0. The average molecular weight is 475 g/mol. The standard InChI is InChI=1S/C18H20BrN3O3S.ClH/c1-4-24-12-5-6-13-15(11-12)26-18(20-13)22(10-9-21(2)3)17(23)14-7-8-16(19)25-14;/h5-8,11H,4,9-10H2,1-3H3;1H. The van der Waals surface area contributed by atoms with Crippen molar-refractivity contribution in [1.82, 2.24) is 9.88 Å². The number of thiazole rings is 1. The topological polar surface area (TPSA) is 58.8 Å². The lowest BCUT2D eigenvalue weighted by atomic mass is 10.3. The normalized spacial score (nSPS) is 10.9. The number of carbonyl (C=O) groups excluding carboxylic acids is 1. The number of halogens is 2. The fraction of sp³-hybridized carbons (Fsp3) is 0.333. The first-order valence-corrected chi connectivity index (χ1v) is 9.84. The lowest BCUT2D eigenvalue weighted by molar-refractivity contribution is 0.0957. The third-order valence-corrected chi connectivity index (χ3v) is 5.16. The highest BCUT2D eigenvalue weighted by atomic mass is 79.9. The Morgan fingerprint density at radius 2 is 2.04 bits per heavy atom. The maximum Gasteiger partial charge on any atom is 0.295 e. The summed E-state index contributed by atoms with van der Waals surface area (Å²) in [6.07, 6.45) is 0. The first-order valence-electron chi connectivity index (χ1n) is 8.23. The van der Waals surface area contributed by atoms with Crippen LogP contribution >= 0.6 is 39.7 Å².